The molecule has 0 heterocycles. The minimum atomic E-state index is 0.725. The summed E-state index contributed by atoms with van der Waals surface area (Å²) in [6.07, 6.45) is 3.57. The molecule has 0 radical (unpaired) electrons. The van der Waals surface area contributed by atoms with Crippen LogP contribution in [0.15, 0.2) is 25.3 Å². The molecule has 0 saturated heterocycles. The molecule has 0 aliphatic rings. The Hall–Kier alpha value is -1.70. The molecular formula is C11H14N2. The Morgan fingerprint density at radius 1 is 1.31 bits per heavy atom. The van der Waals surface area contributed by atoms with Gasteiger partial charge in [0.05, 0.1) is 11.4 Å². The van der Waals surface area contributed by atoms with Crippen molar-refractivity contribution in [1.82, 2.24) is 0 Å². The monoisotopic (exact) mass is 174 g/mol. The van der Waals surface area contributed by atoms with Gasteiger partial charge in [0, 0.05) is 12.6 Å². The third-order valence-corrected chi connectivity index (χ3v) is 1.99. The summed E-state index contributed by atoms with van der Waals surface area (Å²) < 4.78 is 0. The number of nitrogens with one attached hydrogen (secondary N) is 1. The van der Waals surface area contributed by atoms with Crippen molar-refractivity contribution in [3.63, 3.8) is 0 Å². The minimum absolute atomic E-state index is 0.725. The minimum Gasteiger partial charge on any atom is -0.397 e. The summed E-state index contributed by atoms with van der Waals surface area (Å²) in [5.74, 6) is 0. The lowest BCUT2D eigenvalue weighted by molar-refractivity contribution is 1.48. The predicted octanol–water partition coefficient (Wildman–Crippen LogP) is 2.60. The number of anilines is 2. The lowest BCUT2D eigenvalue weighted by Gasteiger charge is -2.11. The van der Waals surface area contributed by atoms with Gasteiger partial charge in [-0.25, -0.2) is 0 Å². The van der Waals surface area contributed by atoms with Gasteiger partial charge in [-0.3, -0.25) is 0 Å². The fourth-order valence-electron chi connectivity index (χ4n) is 1.33. The first-order chi connectivity index (χ1) is 6.24. The first-order valence-corrected chi connectivity index (χ1v) is 4.09. The highest BCUT2D eigenvalue weighted by Gasteiger charge is 2.04. The second-order valence-corrected chi connectivity index (χ2v) is 2.69. The van der Waals surface area contributed by atoms with Crippen LogP contribution in [0, 0.1) is 0 Å². The Labute approximate surface area is 78.8 Å². The van der Waals surface area contributed by atoms with Gasteiger partial charge in [-0.05, 0) is 11.6 Å². The molecule has 2 heteroatoms. The average Bonchev–Trinajstić information content (AvgIpc) is 2.17. The summed E-state index contributed by atoms with van der Waals surface area (Å²) in [5.41, 5.74) is 9.45. The standard InChI is InChI=1S/C11H14N2/c1-4-8-6-7-10(12)11(13-3)9(8)5-2/h4-7,13H,1-2,12H2,3H3. The molecule has 0 aromatic heterocycles. The number of nitrogen functional groups attached to an aromatic ring is 1. The van der Waals surface area contributed by atoms with E-state index in [1.54, 1.807) is 12.2 Å². The number of nitrogens with two attached hydrogens (primary N) is 1. The molecule has 0 aliphatic carbocycles. The van der Waals surface area contributed by atoms with E-state index in [1.165, 1.54) is 0 Å². The lowest BCUT2D eigenvalue weighted by atomic mass is 10.0. The van der Waals surface area contributed by atoms with Crippen LogP contribution in [0.25, 0.3) is 12.2 Å². The van der Waals surface area contributed by atoms with Gasteiger partial charge in [0.2, 0.25) is 0 Å². The fraction of sp³-hybridized carbons (Fsp3) is 0.0909. The van der Waals surface area contributed by atoms with Crippen LogP contribution in [-0.2, 0) is 0 Å². The maximum atomic E-state index is 5.79. The average molecular weight is 174 g/mol. The Balaban J connectivity index is 3.44. The summed E-state index contributed by atoms with van der Waals surface area (Å²) in [6, 6.07) is 3.79. The van der Waals surface area contributed by atoms with Crippen molar-refractivity contribution >= 4 is 23.5 Å². The van der Waals surface area contributed by atoms with E-state index in [9.17, 15) is 0 Å². The maximum absolute atomic E-state index is 5.79. The van der Waals surface area contributed by atoms with Crippen LogP contribution in [0.1, 0.15) is 11.1 Å². The van der Waals surface area contributed by atoms with Crippen molar-refractivity contribution in [2.45, 2.75) is 0 Å². The molecule has 2 nitrogen and oxygen atoms in total. The molecule has 0 spiro atoms. The van der Waals surface area contributed by atoms with E-state index < -0.39 is 0 Å². The predicted molar refractivity (Wildman–Crippen MR) is 60.6 cm³/mol. The highest BCUT2D eigenvalue weighted by molar-refractivity contribution is 5.83. The molecule has 0 saturated carbocycles. The number of hydrogen-bond acceptors (Lipinski definition) is 2. The van der Waals surface area contributed by atoms with E-state index in [0.29, 0.717) is 0 Å². The fourth-order valence-corrected chi connectivity index (χ4v) is 1.33. The molecule has 0 unspecified atom stereocenters. The smallest absolute Gasteiger partial charge is 0.0650 e. The normalized spacial score (nSPS) is 9.31. The molecule has 13 heavy (non-hydrogen) atoms. The van der Waals surface area contributed by atoms with E-state index in [-0.39, 0.29) is 0 Å². The second-order valence-electron chi connectivity index (χ2n) is 2.69. The molecule has 0 aliphatic heterocycles. The third-order valence-electron chi connectivity index (χ3n) is 1.99. The van der Waals surface area contributed by atoms with Gasteiger partial charge in [0.25, 0.3) is 0 Å². The van der Waals surface area contributed by atoms with Crippen LogP contribution in [0.4, 0.5) is 11.4 Å². The molecule has 68 valence electrons. The number of benzene rings is 1. The highest BCUT2D eigenvalue weighted by Crippen LogP contribution is 2.28. The van der Waals surface area contributed by atoms with E-state index in [1.807, 2.05) is 19.2 Å². The van der Waals surface area contributed by atoms with Gasteiger partial charge in [-0.2, -0.15) is 0 Å². The van der Waals surface area contributed by atoms with E-state index in [2.05, 4.69) is 18.5 Å². The summed E-state index contributed by atoms with van der Waals surface area (Å²) in [6.45, 7) is 7.47. The van der Waals surface area contributed by atoms with Crippen LogP contribution >= 0.6 is 0 Å². The first kappa shape index (κ1) is 9.39. The van der Waals surface area contributed by atoms with E-state index in [0.717, 1.165) is 22.5 Å². The lowest BCUT2D eigenvalue weighted by Crippen LogP contribution is -1.99. The quantitative estimate of drug-likeness (QED) is 0.691. The molecule has 3 N–H and O–H groups in total. The largest absolute Gasteiger partial charge is 0.397 e. The molecule has 0 fully saturated rings. The molecule has 0 atom stereocenters. The molecular weight excluding hydrogens is 160 g/mol. The molecule has 1 aromatic carbocycles. The van der Waals surface area contributed by atoms with Crippen LogP contribution in [0.5, 0.6) is 0 Å². The molecule has 1 rings (SSSR count). The first-order valence-electron chi connectivity index (χ1n) is 4.09. The van der Waals surface area contributed by atoms with Gasteiger partial charge < -0.3 is 11.1 Å². The zero-order valence-corrected chi connectivity index (χ0v) is 7.80. The van der Waals surface area contributed by atoms with Gasteiger partial charge in [0.1, 0.15) is 0 Å². The van der Waals surface area contributed by atoms with Crippen LogP contribution in [0.2, 0.25) is 0 Å². The van der Waals surface area contributed by atoms with Crippen LogP contribution in [-0.4, -0.2) is 7.05 Å². The second kappa shape index (κ2) is 3.81. The van der Waals surface area contributed by atoms with E-state index in [4.69, 9.17) is 5.73 Å². The molecule has 0 amide bonds. The van der Waals surface area contributed by atoms with Crippen molar-refractivity contribution in [2.75, 3.05) is 18.1 Å². The van der Waals surface area contributed by atoms with Gasteiger partial charge >= 0.3 is 0 Å². The maximum Gasteiger partial charge on any atom is 0.0650 e. The summed E-state index contributed by atoms with van der Waals surface area (Å²) in [7, 11) is 1.84. The Morgan fingerprint density at radius 3 is 2.46 bits per heavy atom. The third kappa shape index (κ3) is 1.56. The van der Waals surface area contributed by atoms with Gasteiger partial charge in [-0.15, -0.1) is 0 Å². The SMILES string of the molecule is C=Cc1ccc(N)c(NC)c1C=C. The number of hydrogen-bond donors (Lipinski definition) is 2. The van der Waals surface area contributed by atoms with Crippen LogP contribution < -0.4 is 11.1 Å². The summed E-state index contributed by atoms with van der Waals surface area (Å²) in [5, 5.41) is 3.05. The Kier molecular flexibility index (Phi) is 2.75. The van der Waals surface area contributed by atoms with Gasteiger partial charge in [-0.1, -0.05) is 31.4 Å². The van der Waals surface area contributed by atoms with Crippen molar-refractivity contribution in [2.24, 2.45) is 0 Å². The zero-order valence-electron chi connectivity index (χ0n) is 7.80. The number of rotatable bonds is 3. The summed E-state index contributed by atoms with van der Waals surface area (Å²) >= 11 is 0. The van der Waals surface area contributed by atoms with E-state index >= 15 is 0 Å². The van der Waals surface area contributed by atoms with Crippen molar-refractivity contribution in [3.05, 3.63) is 36.4 Å². The summed E-state index contributed by atoms with van der Waals surface area (Å²) in [4.78, 5) is 0. The van der Waals surface area contributed by atoms with Crippen molar-refractivity contribution < 1.29 is 0 Å². The highest BCUT2D eigenvalue weighted by atomic mass is 14.9. The van der Waals surface area contributed by atoms with Crippen molar-refractivity contribution in [3.8, 4) is 0 Å². The topological polar surface area (TPSA) is 38.0 Å². The van der Waals surface area contributed by atoms with Crippen molar-refractivity contribution in [1.29, 1.82) is 0 Å². The van der Waals surface area contributed by atoms with Gasteiger partial charge in [0.15, 0.2) is 0 Å². The molecule has 0 bridgehead atoms. The molecule has 1 aromatic rings. The zero-order chi connectivity index (χ0) is 9.84. The Bertz CT molecular complexity index is 340. The Morgan fingerprint density at radius 2 is 2.00 bits per heavy atom. The van der Waals surface area contributed by atoms with Crippen LogP contribution in [0.3, 0.4) is 0 Å².